The van der Waals surface area contributed by atoms with Crippen molar-refractivity contribution in [3.8, 4) is 0 Å². The van der Waals surface area contributed by atoms with Gasteiger partial charge in [-0.05, 0) is 83.0 Å². The van der Waals surface area contributed by atoms with Crippen LogP contribution in [0.3, 0.4) is 0 Å². The van der Waals surface area contributed by atoms with Gasteiger partial charge in [-0.15, -0.1) is 0 Å². The summed E-state index contributed by atoms with van der Waals surface area (Å²) in [6, 6.07) is 0. The number of hydrogen-bond acceptors (Lipinski definition) is 15. The zero-order chi connectivity index (χ0) is 71.9. The van der Waals surface area contributed by atoms with Gasteiger partial charge in [0.1, 0.15) is 19.3 Å². The van der Waals surface area contributed by atoms with Crippen LogP contribution in [-0.4, -0.2) is 96.7 Å². The molecule has 0 aliphatic rings. The Balaban J connectivity index is 5.33. The molecule has 0 aromatic heterocycles. The van der Waals surface area contributed by atoms with Gasteiger partial charge in [0.15, 0.2) is 12.2 Å². The highest BCUT2D eigenvalue weighted by atomic mass is 31.2. The van der Waals surface area contributed by atoms with Crippen molar-refractivity contribution >= 4 is 39.5 Å². The summed E-state index contributed by atoms with van der Waals surface area (Å²) in [5.41, 5.74) is 0. The first-order chi connectivity index (χ1) is 47.5. The molecule has 0 saturated heterocycles. The van der Waals surface area contributed by atoms with E-state index in [0.717, 1.165) is 128 Å². The van der Waals surface area contributed by atoms with Crippen LogP contribution in [0.25, 0.3) is 0 Å². The molecule has 0 bridgehead atoms. The lowest BCUT2D eigenvalue weighted by atomic mass is 10.0. The Morgan fingerprint density at radius 2 is 0.551 bits per heavy atom. The topological polar surface area (TPSA) is 237 Å². The van der Waals surface area contributed by atoms with Gasteiger partial charge in [-0.2, -0.15) is 0 Å². The van der Waals surface area contributed by atoms with Crippen LogP contribution >= 0.6 is 15.6 Å². The number of aliphatic hydroxyl groups excluding tert-OH is 1. The zero-order valence-corrected chi connectivity index (χ0v) is 64.7. The van der Waals surface area contributed by atoms with Crippen molar-refractivity contribution in [1.82, 2.24) is 0 Å². The van der Waals surface area contributed by atoms with E-state index in [1.165, 1.54) is 161 Å². The zero-order valence-electron chi connectivity index (χ0n) is 62.9. The first-order valence-electron chi connectivity index (χ1n) is 39.8. The van der Waals surface area contributed by atoms with E-state index in [4.69, 9.17) is 37.0 Å². The van der Waals surface area contributed by atoms with Crippen molar-refractivity contribution < 1.29 is 80.2 Å². The second-order valence-electron chi connectivity index (χ2n) is 27.6. The third kappa shape index (κ3) is 71.4. The fourth-order valence-corrected chi connectivity index (χ4v) is 12.7. The van der Waals surface area contributed by atoms with E-state index >= 15 is 0 Å². The normalized spacial score (nSPS) is 14.2. The molecular formula is C79H146O17P2. The van der Waals surface area contributed by atoms with Crippen molar-refractivity contribution in [1.29, 1.82) is 0 Å². The number of esters is 4. The van der Waals surface area contributed by atoms with Gasteiger partial charge < -0.3 is 33.8 Å². The van der Waals surface area contributed by atoms with Crippen LogP contribution in [0, 0.1) is 5.92 Å². The average molecular weight is 1430 g/mol. The Bertz CT molecular complexity index is 2060. The Kier molecular flexibility index (Phi) is 68.9. The number of phosphoric acid groups is 2. The lowest BCUT2D eigenvalue weighted by molar-refractivity contribution is -0.161. The molecule has 98 heavy (non-hydrogen) atoms. The Morgan fingerprint density at radius 3 is 0.837 bits per heavy atom. The summed E-state index contributed by atoms with van der Waals surface area (Å²) in [5, 5.41) is 10.6. The number of allylic oxidation sites excluding steroid dienone is 8. The van der Waals surface area contributed by atoms with Gasteiger partial charge >= 0.3 is 39.5 Å². The number of hydrogen-bond donors (Lipinski definition) is 3. The van der Waals surface area contributed by atoms with Crippen LogP contribution in [0.15, 0.2) is 48.6 Å². The fraction of sp³-hybridized carbons (Fsp3) is 0.848. The van der Waals surface area contributed by atoms with Crippen molar-refractivity contribution in [2.45, 2.75) is 387 Å². The molecule has 19 heteroatoms. The van der Waals surface area contributed by atoms with Gasteiger partial charge in [0, 0.05) is 25.7 Å². The number of carbonyl (C=O) groups is 4. The highest BCUT2D eigenvalue weighted by Gasteiger charge is 2.30. The lowest BCUT2D eigenvalue weighted by Gasteiger charge is -2.21. The molecule has 0 rings (SSSR count). The molecule has 0 aromatic rings. The highest BCUT2D eigenvalue weighted by molar-refractivity contribution is 7.47. The molecule has 0 radical (unpaired) electrons. The number of phosphoric ester groups is 2. The molecule has 574 valence electrons. The van der Waals surface area contributed by atoms with Crippen LogP contribution in [0.1, 0.15) is 369 Å². The second-order valence-corrected chi connectivity index (χ2v) is 30.5. The number of rotatable bonds is 75. The summed E-state index contributed by atoms with van der Waals surface area (Å²) in [5.74, 6) is -1.39. The molecule has 0 saturated carbocycles. The van der Waals surface area contributed by atoms with Crippen LogP contribution in [0.5, 0.6) is 0 Å². The van der Waals surface area contributed by atoms with Gasteiger partial charge in [0.25, 0.3) is 0 Å². The van der Waals surface area contributed by atoms with Crippen molar-refractivity contribution in [3.05, 3.63) is 48.6 Å². The Labute approximate surface area is 597 Å². The summed E-state index contributed by atoms with van der Waals surface area (Å²) in [4.78, 5) is 72.9. The number of unbranched alkanes of at least 4 members (excludes halogenated alkanes) is 41. The summed E-state index contributed by atoms with van der Waals surface area (Å²) in [7, 11) is -9.94. The smallest absolute Gasteiger partial charge is 0.462 e. The van der Waals surface area contributed by atoms with Crippen LogP contribution in [0.2, 0.25) is 0 Å². The first kappa shape index (κ1) is 95.0. The van der Waals surface area contributed by atoms with E-state index in [2.05, 4.69) is 83.2 Å². The molecular weight excluding hydrogens is 1280 g/mol. The van der Waals surface area contributed by atoms with Crippen LogP contribution in [-0.2, 0) is 65.4 Å². The predicted octanol–water partition coefficient (Wildman–Crippen LogP) is 22.8. The molecule has 5 atom stereocenters. The molecule has 0 amide bonds. The summed E-state index contributed by atoms with van der Waals surface area (Å²) in [6.45, 7) is 7.19. The van der Waals surface area contributed by atoms with E-state index < -0.39 is 97.5 Å². The number of aliphatic hydroxyl groups is 1. The van der Waals surface area contributed by atoms with Crippen molar-refractivity contribution in [2.75, 3.05) is 39.6 Å². The molecule has 0 heterocycles. The summed E-state index contributed by atoms with van der Waals surface area (Å²) < 4.78 is 68.6. The lowest BCUT2D eigenvalue weighted by Crippen LogP contribution is -2.30. The number of carbonyl (C=O) groups excluding carboxylic acids is 4. The van der Waals surface area contributed by atoms with E-state index in [9.17, 15) is 43.2 Å². The van der Waals surface area contributed by atoms with Gasteiger partial charge in [-0.25, -0.2) is 9.13 Å². The molecule has 2 unspecified atom stereocenters. The van der Waals surface area contributed by atoms with Gasteiger partial charge in [-0.1, -0.05) is 314 Å². The first-order valence-corrected chi connectivity index (χ1v) is 42.8. The van der Waals surface area contributed by atoms with E-state index in [-0.39, 0.29) is 25.7 Å². The SMILES string of the molecule is CCCCCC/C=C\C=C/CCCCCCCC(=O)OC[C@H](COP(=O)(O)OC[C@@H](O)COP(=O)(O)OC[C@@H](COC(=O)CCCCCCCCCCCCCC)OC(=O)CCCCCCC/C=C\C=C/CCCCCC)OC(=O)CCCCCCCCCCCCCCCC(C)C. The summed E-state index contributed by atoms with van der Waals surface area (Å²) in [6.07, 6.45) is 66.6. The third-order valence-corrected chi connectivity index (χ3v) is 19.2. The monoisotopic (exact) mass is 1430 g/mol. The predicted molar refractivity (Wildman–Crippen MR) is 400 cm³/mol. The molecule has 3 N–H and O–H groups in total. The minimum Gasteiger partial charge on any atom is -0.462 e. The molecule has 0 aliphatic carbocycles. The minimum absolute atomic E-state index is 0.0832. The van der Waals surface area contributed by atoms with Gasteiger partial charge in [-0.3, -0.25) is 37.3 Å². The fourth-order valence-electron chi connectivity index (χ4n) is 11.2. The van der Waals surface area contributed by atoms with Crippen molar-refractivity contribution in [3.63, 3.8) is 0 Å². The molecule has 0 aromatic carbocycles. The Morgan fingerprint density at radius 1 is 0.316 bits per heavy atom. The van der Waals surface area contributed by atoms with Gasteiger partial charge in [0.05, 0.1) is 26.4 Å². The third-order valence-electron chi connectivity index (χ3n) is 17.3. The summed E-state index contributed by atoms with van der Waals surface area (Å²) >= 11 is 0. The average Bonchev–Trinajstić information content (AvgIpc) is 2.20. The van der Waals surface area contributed by atoms with E-state index in [1.807, 2.05) is 0 Å². The quantitative estimate of drug-likeness (QED) is 0.0169. The van der Waals surface area contributed by atoms with Crippen molar-refractivity contribution in [2.24, 2.45) is 5.92 Å². The maximum atomic E-state index is 13.1. The molecule has 0 aliphatic heterocycles. The van der Waals surface area contributed by atoms with Crippen LogP contribution in [0.4, 0.5) is 0 Å². The largest absolute Gasteiger partial charge is 0.472 e. The maximum absolute atomic E-state index is 13.1. The molecule has 17 nitrogen and oxygen atoms in total. The van der Waals surface area contributed by atoms with Crippen LogP contribution < -0.4 is 0 Å². The standard InChI is InChI=1S/C79H146O17P2/c1-6-9-12-15-18-21-24-27-29-33-38-43-48-53-58-63-77(82)90-69-75(96-79(84)65-60-55-50-45-40-35-31-32-36-41-46-51-56-61-72(4)5)71-94-98(87,88)92-67-73(80)66-91-97(85,86)93-70-74(68-89-76(81)62-57-52-47-42-37-26-23-20-17-14-11-8-3)95-78(83)64-59-54-49-44-39-34-30-28-25-22-19-16-13-10-7-2/h21-22,24-25,27-30,72-75,80H,6-20,23,26,31-71H2,1-5H3,(H,85,86)(H,87,88)/b24-21-,25-22-,29-27-,30-28-/t73-,74+,75+/m0/s1. The Hall–Kier alpha value is -2.98. The maximum Gasteiger partial charge on any atom is 0.472 e. The second kappa shape index (κ2) is 71.0. The molecule has 0 spiro atoms. The van der Waals surface area contributed by atoms with E-state index in [1.54, 1.807) is 0 Å². The van der Waals surface area contributed by atoms with Gasteiger partial charge in [0.2, 0.25) is 0 Å². The van der Waals surface area contributed by atoms with E-state index in [0.29, 0.717) is 25.7 Å². The minimum atomic E-state index is -4.97. The highest BCUT2D eigenvalue weighted by Crippen LogP contribution is 2.45. The number of ether oxygens (including phenoxy) is 4. The molecule has 0 fully saturated rings.